The van der Waals surface area contributed by atoms with Gasteiger partial charge in [0.25, 0.3) is 8.32 Å². The topological polar surface area (TPSA) is 18.5 Å². The lowest BCUT2D eigenvalue weighted by molar-refractivity contribution is 0.155. The number of ether oxygens (including phenoxy) is 1. The third-order valence-electron chi connectivity index (χ3n) is 9.01. The molecule has 1 unspecified atom stereocenters. The van der Waals surface area contributed by atoms with Crippen molar-refractivity contribution in [3.8, 4) is 11.5 Å². The Kier molecular flexibility index (Phi) is 12.0. The first-order chi connectivity index (χ1) is 17.5. The van der Waals surface area contributed by atoms with E-state index in [-0.39, 0.29) is 10.6 Å². The van der Waals surface area contributed by atoms with Crippen LogP contribution in [-0.4, -0.2) is 19.7 Å². The molecular formula is C34H60O2SSi. The maximum atomic E-state index is 6.85. The van der Waals surface area contributed by atoms with Crippen molar-refractivity contribution in [2.45, 2.75) is 150 Å². The van der Waals surface area contributed by atoms with Gasteiger partial charge in [-0.05, 0) is 87.2 Å². The van der Waals surface area contributed by atoms with Crippen LogP contribution < -0.4 is 9.16 Å². The van der Waals surface area contributed by atoms with Crippen LogP contribution in [0.2, 0.25) is 18.1 Å². The lowest BCUT2D eigenvalue weighted by atomic mass is 9.92. The van der Waals surface area contributed by atoms with Gasteiger partial charge in [-0.1, -0.05) is 93.1 Å². The highest BCUT2D eigenvalue weighted by Crippen LogP contribution is 2.50. The quantitative estimate of drug-likeness (QED) is 0.176. The molecule has 0 amide bonds. The van der Waals surface area contributed by atoms with E-state index in [0.717, 1.165) is 41.4 Å². The zero-order valence-electron chi connectivity index (χ0n) is 27.3. The van der Waals surface area contributed by atoms with Gasteiger partial charge in [0.2, 0.25) is 0 Å². The van der Waals surface area contributed by atoms with Gasteiger partial charge in [-0.15, -0.1) is 11.8 Å². The summed E-state index contributed by atoms with van der Waals surface area (Å²) in [5.41, 5.74) is 3.43. The number of hydrogen-bond acceptors (Lipinski definition) is 3. The van der Waals surface area contributed by atoms with Crippen LogP contribution in [0.5, 0.6) is 11.5 Å². The fourth-order valence-corrected chi connectivity index (χ4v) is 7.33. The van der Waals surface area contributed by atoms with Crippen molar-refractivity contribution in [1.82, 2.24) is 0 Å². The third kappa shape index (κ3) is 9.08. The molecule has 218 valence electrons. The summed E-state index contributed by atoms with van der Waals surface area (Å²) < 4.78 is 13.6. The van der Waals surface area contributed by atoms with Crippen LogP contribution in [-0.2, 0) is 0 Å². The Morgan fingerprint density at radius 3 is 2.08 bits per heavy atom. The van der Waals surface area contributed by atoms with Gasteiger partial charge in [0, 0.05) is 11.3 Å². The van der Waals surface area contributed by atoms with Gasteiger partial charge in [0.1, 0.15) is 17.1 Å². The van der Waals surface area contributed by atoms with Gasteiger partial charge in [-0.2, -0.15) is 0 Å². The molecule has 0 fully saturated rings. The molecule has 38 heavy (non-hydrogen) atoms. The van der Waals surface area contributed by atoms with Crippen molar-refractivity contribution in [3.63, 3.8) is 0 Å². The largest absolute Gasteiger partial charge is 0.543 e. The minimum Gasteiger partial charge on any atom is -0.543 e. The molecule has 1 aromatic carbocycles. The zero-order valence-corrected chi connectivity index (χ0v) is 29.1. The van der Waals surface area contributed by atoms with Gasteiger partial charge in [-0.3, -0.25) is 0 Å². The Bertz CT molecular complexity index is 943. The molecule has 1 aromatic rings. The van der Waals surface area contributed by atoms with Gasteiger partial charge >= 0.3 is 0 Å². The Morgan fingerprint density at radius 2 is 1.50 bits per heavy atom. The number of thioether (sulfide) groups is 1. The van der Waals surface area contributed by atoms with E-state index in [2.05, 4.69) is 101 Å². The number of allylic oxidation sites excluding steroid dienone is 1. The molecule has 3 atom stereocenters. The fourth-order valence-electron chi connectivity index (χ4n) is 4.98. The first kappa shape index (κ1) is 33.3. The lowest BCUT2D eigenvalue weighted by Crippen LogP contribution is -2.44. The van der Waals surface area contributed by atoms with Crippen LogP contribution in [0.25, 0.3) is 0 Å². The van der Waals surface area contributed by atoms with E-state index in [1.165, 1.54) is 60.1 Å². The summed E-state index contributed by atoms with van der Waals surface area (Å²) >= 11 is 1.94. The fraction of sp³-hybridized carbons (Fsp3) is 0.765. The van der Waals surface area contributed by atoms with Crippen LogP contribution >= 0.6 is 11.8 Å². The smallest absolute Gasteiger partial charge is 0.250 e. The highest BCUT2D eigenvalue weighted by molar-refractivity contribution is 7.99. The molecule has 4 heteroatoms. The van der Waals surface area contributed by atoms with Gasteiger partial charge in [0.05, 0.1) is 4.90 Å². The summed E-state index contributed by atoms with van der Waals surface area (Å²) in [6.07, 6.45) is 14.1. The average Bonchev–Trinajstić information content (AvgIpc) is 2.79. The molecule has 1 aliphatic rings. The molecule has 1 aliphatic heterocycles. The van der Waals surface area contributed by atoms with Gasteiger partial charge < -0.3 is 9.16 Å². The predicted octanol–water partition coefficient (Wildman–Crippen LogP) is 11.5. The van der Waals surface area contributed by atoms with Crippen molar-refractivity contribution >= 4 is 20.1 Å². The lowest BCUT2D eigenvalue weighted by Gasteiger charge is -2.40. The van der Waals surface area contributed by atoms with E-state index in [0.29, 0.717) is 0 Å². The second-order valence-electron chi connectivity index (χ2n) is 14.5. The Balaban J connectivity index is 1.99. The summed E-state index contributed by atoms with van der Waals surface area (Å²) in [5.74, 6) is 5.51. The van der Waals surface area contributed by atoms with E-state index in [9.17, 15) is 0 Å². The molecule has 2 nitrogen and oxygen atoms in total. The molecular weight excluding hydrogens is 501 g/mol. The van der Waals surface area contributed by atoms with Crippen LogP contribution in [0.3, 0.4) is 0 Å². The molecule has 0 aromatic heterocycles. The standard InChI is InChI=1S/C34H60O2SSi/c1-24(2)17-14-18-25(3)19-15-20-26(4)21-16-22-34(11)23-37-32-29(7)30(27(5)28(6)31(32)35-34)36-38(12,13)33(8,9)10/h16,22,24-26H,14-15,17-21,23H2,1-13H3/b22-16+/t25-,26-,34?/m1/s1. The minimum absolute atomic E-state index is 0.172. The van der Waals surface area contributed by atoms with E-state index in [4.69, 9.17) is 9.16 Å². The van der Waals surface area contributed by atoms with E-state index in [1.807, 2.05) is 11.8 Å². The molecule has 0 spiro atoms. The molecule has 0 aliphatic carbocycles. The van der Waals surface area contributed by atoms with Crippen LogP contribution in [0, 0.1) is 38.5 Å². The summed E-state index contributed by atoms with van der Waals surface area (Å²) in [4.78, 5) is 1.27. The number of benzene rings is 1. The van der Waals surface area contributed by atoms with Crippen molar-refractivity contribution < 1.29 is 9.16 Å². The molecule has 0 radical (unpaired) electrons. The third-order valence-corrected chi connectivity index (χ3v) is 14.8. The normalized spacial score (nSPS) is 19.9. The van der Waals surface area contributed by atoms with Crippen LogP contribution in [0.1, 0.15) is 117 Å². The van der Waals surface area contributed by atoms with E-state index >= 15 is 0 Å². The first-order valence-corrected chi connectivity index (χ1v) is 19.2. The summed E-state index contributed by atoms with van der Waals surface area (Å²) in [7, 11) is -1.92. The molecule has 0 N–H and O–H groups in total. The minimum atomic E-state index is -1.92. The second kappa shape index (κ2) is 13.7. The summed E-state index contributed by atoms with van der Waals surface area (Å²) in [6.45, 7) is 30.0. The maximum Gasteiger partial charge on any atom is 0.250 e. The SMILES string of the molecule is Cc1c(C)c2c(c(C)c1O[Si](C)(C)C(C)(C)C)SCC(C)(/C=C/C[C@H](C)CCC[C@H](C)CCCC(C)C)O2. The second-order valence-corrected chi connectivity index (χ2v) is 20.2. The maximum absolute atomic E-state index is 6.85. The van der Waals surface area contributed by atoms with E-state index < -0.39 is 8.32 Å². The van der Waals surface area contributed by atoms with Crippen LogP contribution in [0.15, 0.2) is 17.0 Å². The van der Waals surface area contributed by atoms with Gasteiger partial charge in [0.15, 0.2) is 0 Å². The van der Waals surface area contributed by atoms with E-state index in [1.54, 1.807) is 0 Å². The molecule has 0 bridgehead atoms. The van der Waals surface area contributed by atoms with Gasteiger partial charge in [-0.25, -0.2) is 0 Å². The zero-order chi connectivity index (χ0) is 28.9. The number of rotatable bonds is 13. The van der Waals surface area contributed by atoms with Crippen molar-refractivity contribution in [1.29, 1.82) is 0 Å². The average molecular weight is 561 g/mol. The number of fused-ring (bicyclic) bond motifs is 1. The highest BCUT2D eigenvalue weighted by Gasteiger charge is 2.41. The Labute approximate surface area is 242 Å². The first-order valence-electron chi connectivity index (χ1n) is 15.3. The summed E-state index contributed by atoms with van der Waals surface area (Å²) in [6, 6.07) is 0. The van der Waals surface area contributed by atoms with Crippen LogP contribution in [0.4, 0.5) is 0 Å². The van der Waals surface area contributed by atoms with Crippen molar-refractivity contribution in [2.75, 3.05) is 5.75 Å². The molecule has 0 saturated carbocycles. The highest BCUT2D eigenvalue weighted by atomic mass is 32.2. The van der Waals surface area contributed by atoms with Crippen molar-refractivity contribution in [2.24, 2.45) is 17.8 Å². The Morgan fingerprint density at radius 1 is 0.921 bits per heavy atom. The summed E-state index contributed by atoms with van der Waals surface area (Å²) in [5, 5.41) is 0.172. The monoisotopic (exact) mass is 560 g/mol. The molecule has 2 rings (SSSR count). The Hall–Kier alpha value is -0.873. The predicted molar refractivity (Wildman–Crippen MR) is 173 cm³/mol. The molecule has 1 heterocycles. The van der Waals surface area contributed by atoms with Crippen molar-refractivity contribution in [3.05, 3.63) is 28.8 Å². The molecule has 0 saturated heterocycles. The number of hydrogen-bond donors (Lipinski definition) is 0.